The lowest BCUT2D eigenvalue weighted by Crippen LogP contribution is -2.40. The molecule has 0 bridgehead atoms. The summed E-state index contributed by atoms with van der Waals surface area (Å²) in [7, 11) is 1.28. The van der Waals surface area contributed by atoms with E-state index in [1.165, 1.54) is 24.1 Å². The lowest BCUT2D eigenvalue weighted by Gasteiger charge is -2.29. The van der Waals surface area contributed by atoms with E-state index in [1.54, 1.807) is 19.1 Å². The first-order chi connectivity index (χ1) is 9.95. The van der Waals surface area contributed by atoms with Gasteiger partial charge in [0.05, 0.1) is 18.1 Å². The number of methoxy groups -OCH3 is 1. The molecule has 0 aromatic heterocycles. The Balaban J connectivity index is 2.31. The van der Waals surface area contributed by atoms with Gasteiger partial charge in [0, 0.05) is 18.6 Å². The highest BCUT2D eigenvalue weighted by Crippen LogP contribution is 2.31. The van der Waals surface area contributed by atoms with Crippen LogP contribution in [0.15, 0.2) is 24.3 Å². The topological polar surface area (TPSA) is 89.8 Å². The maximum atomic E-state index is 12.0. The Morgan fingerprint density at radius 3 is 2.86 bits per heavy atom. The third-order valence-corrected chi connectivity index (χ3v) is 3.71. The molecule has 0 saturated carbocycles. The number of nitro benzene ring substituents is 1. The number of amides is 1. The number of carbonyl (C=O) groups excluding carboxylic acids is 2. The second kappa shape index (κ2) is 5.90. The normalized spacial score (nSPS) is 19.4. The summed E-state index contributed by atoms with van der Waals surface area (Å²) in [5.74, 6) is -0.609. The molecule has 112 valence electrons. The van der Waals surface area contributed by atoms with Crippen molar-refractivity contribution in [2.75, 3.05) is 7.11 Å². The van der Waals surface area contributed by atoms with E-state index >= 15 is 0 Å². The van der Waals surface area contributed by atoms with Crippen molar-refractivity contribution in [2.45, 2.75) is 31.8 Å². The highest BCUT2D eigenvalue weighted by molar-refractivity contribution is 5.88. The summed E-state index contributed by atoms with van der Waals surface area (Å²) in [5, 5.41) is 10.8. The molecule has 2 atom stereocenters. The van der Waals surface area contributed by atoms with Crippen molar-refractivity contribution in [1.29, 1.82) is 0 Å². The molecular weight excluding hydrogens is 276 g/mol. The first-order valence-electron chi connectivity index (χ1n) is 6.59. The summed E-state index contributed by atoms with van der Waals surface area (Å²) in [6.07, 6.45) is 0.684. The summed E-state index contributed by atoms with van der Waals surface area (Å²) in [5.41, 5.74) is 0.578. The average Bonchev–Trinajstić information content (AvgIpc) is 2.87. The number of ether oxygens (including phenoxy) is 1. The SMILES string of the molecule is COC(=O)C1CCC(=O)N1C(C)c1cccc([N+](=O)[O-])c1. The maximum absolute atomic E-state index is 12.0. The van der Waals surface area contributed by atoms with Crippen LogP contribution in [0, 0.1) is 10.1 Å². The molecular formula is C14H16N2O5. The van der Waals surface area contributed by atoms with E-state index in [0.29, 0.717) is 12.0 Å². The van der Waals surface area contributed by atoms with Crippen LogP contribution in [-0.4, -0.2) is 34.9 Å². The molecule has 0 spiro atoms. The summed E-state index contributed by atoms with van der Waals surface area (Å²) >= 11 is 0. The van der Waals surface area contributed by atoms with Crippen LogP contribution < -0.4 is 0 Å². The molecule has 1 aromatic rings. The molecule has 1 aromatic carbocycles. The Labute approximate surface area is 121 Å². The predicted octanol–water partition coefficient (Wildman–Crippen LogP) is 1.82. The Morgan fingerprint density at radius 1 is 1.52 bits per heavy atom. The van der Waals surface area contributed by atoms with Crippen molar-refractivity contribution in [3.05, 3.63) is 39.9 Å². The number of esters is 1. The van der Waals surface area contributed by atoms with E-state index in [4.69, 9.17) is 4.74 Å². The lowest BCUT2D eigenvalue weighted by molar-refractivity contribution is -0.384. The molecule has 2 rings (SSSR count). The van der Waals surface area contributed by atoms with Gasteiger partial charge >= 0.3 is 5.97 Å². The minimum Gasteiger partial charge on any atom is -0.467 e. The fourth-order valence-corrected chi connectivity index (χ4v) is 2.61. The van der Waals surface area contributed by atoms with E-state index in [-0.39, 0.29) is 18.0 Å². The van der Waals surface area contributed by atoms with E-state index in [1.807, 2.05) is 0 Å². The van der Waals surface area contributed by atoms with Gasteiger partial charge in [-0.05, 0) is 18.9 Å². The average molecular weight is 292 g/mol. The Morgan fingerprint density at radius 2 is 2.24 bits per heavy atom. The monoisotopic (exact) mass is 292 g/mol. The second-order valence-electron chi connectivity index (χ2n) is 4.91. The van der Waals surface area contributed by atoms with Crippen LogP contribution in [0.5, 0.6) is 0 Å². The second-order valence-corrected chi connectivity index (χ2v) is 4.91. The standard InChI is InChI=1S/C14H16N2O5/c1-9(10-4-3-5-11(8-10)16(19)20)15-12(14(18)21-2)6-7-13(15)17/h3-5,8-9,12H,6-7H2,1-2H3. The van der Waals surface area contributed by atoms with Gasteiger partial charge in [0.15, 0.2) is 0 Å². The summed E-state index contributed by atoms with van der Waals surface area (Å²) in [6, 6.07) is 5.03. The number of carbonyl (C=O) groups is 2. The number of rotatable bonds is 4. The van der Waals surface area contributed by atoms with Crippen LogP contribution in [0.2, 0.25) is 0 Å². The molecule has 7 nitrogen and oxygen atoms in total. The number of hydrogen-bond donors (Lipinski definition) is 0. The van der Waals surface area contributed by atoms with Gasteiger partial charge in [-0.1, -0.05) is 12.1 Å². The first-order valence-corrected chi connectivity index (χ1v) is 6.59. The molecule has 2 unspecified atom stereocenters. The molecule has 0 N–H and O–H groups in total. The van der Waals surface area contributed by atoms with Crippen LogP contribution in [0.25, 0.3) is 0 Å². The zero-order valence-corrected chi connectivity index (χ0v) is 11.8. The van der Waals surface area contributed by atoms with Crippen molar-refractivity contribution >= 4 is 17.6 Å². The van der Waals surface area contributed by atoms with Gasteiger partial charge in [-0.15, -0.1) is 0 Å². The highest BCUT2D eigenvalue weighted by atomic mass is 16.6. The molecule has 0 aliphatic carbocycles. The molecule has 1 aliphatic rings. The van der Waals surface area contributed by atoms with Gasteiger partial charge in [-0.3, -0.25) is 14.9 Å². The molecule has 1 saturated heterocycles. The zero-order chi connectivity index (χ0) is 15.6. The van der Waals surface area contributed by atoms with Crippen LogP contribution in [0.1, 0.15) is 31.4 Å². The van der Waals surface area contributed by atoms with Gasteiger partial charge in [-0.25, -0.2) is 4.79 Å². The third kappa shape index (κ3) is 2.86. The van der Waals surface area contributed by atoms with Gasteiger partial charge < -0.3 is 9.64 Å². The number of benzene rings is 1. The number of non-ortho nitro benzene ring substituents is 1. The third-order valence-electron chi connectivity index (χ3n) is 3.71. The number of nitrogens with zero attached hydrogens (tertiary/aromatic N) is 2. The van der Waals surface area contributed by atoms with E-state index in [9.17, 15) is 19.7 Å². The number of likely N-dealkylation sites (tertiary alicyclic amines) is 1. The van der Waals surface area contributed by atoms with Crippen LogP contribution in [0.3, 0.4) is 0 Å². The Hall–Kier alpha value is -2.44. The molecule has 21 heavy (non-hydrogen) atoms. The highest BCUT2D eigenvalue weighted by Gasteiger charge is 2.40. The van der Waals surface area contributed by atoms with Crippen molar-refractivity contribution in [3.8, 4) is 0 Å². The van der Waals surface area contributed by atoms with Crippen molar-refractivity contribution in [1.82, 2.24) is 4.90 Å². The van der Waals surface area contributed by atoms with Gasteiger partial charge in [-0.2, -0.15) is 0 Å². The minimum absolute atomic E-state index is 0.0411. The predicted molar refractivity (Wildman–Crippen MR) is 73.4 cm³/mol. The smallest absolute Gasteiger partial charge is 0.328 e. The van der Waals surface area contributed by atoms with Crippen molar-refractivity contribution < 1.29 is 19.2 Å². The fraction of sp³-hybridized carbons (Fsp3) is 0.429. The Bertz CT molecular complexity index is 586. The quantitative estimate of drug-likeness (QED) is 0.479. The zero-order valence-electron chi connectivity index (χ0n) is 11.8. The minimum atomic E-state index is -0.628. The summed E-state index contributed by atoms with van der Waals surface area (Å²) < 4.78 is 4.72. The number of nitro groups is 1. The lowest BCUT2D eigenvalue weighted by atomic mass is 10.1. The van der Waals surface area contributed by atoms with Crippen LogP contribution in [-0.2, 0) is 14.3 Å². The van der Waals surface area contributed by atoms with E-state index in [2.05, 4.69) is 0 Å². The first kappa shape index (κ1) is 15.0. The fourth-order valence-electron chi connectivity index (χ4n) is 2.61. The van der Waals surface area contributed by atoms with Gasteiger partial charge in [0.25, 0.3) is 5.69 Å². The molecule has 1 fully saturated rings. The van der Waals surface area contributed by atoms with E-state index in [0.717, 1.165) is 0 Å². The van der Waals surface area contributed by atoms with E-state index < -0.39 is 23.0 Å². The Kier molecular flexibility index (Phi) is 4.21. The van der Waals surface area contributed by atoms with Gasteiger partial charge in [0.1, 0.15) is 6.04 Å². The maximum Gasteiger partial charge on any atom is 0.328 e. The summed E-state index contributed by atoms with van der Waals surface area (Å²) in [4.78, 5) is 35.6. The van der Waals surface area contributed by atoms with Crippen molar-refractivity contribution in [2.24, 2.45) is 0 Å². The van der Waals surface area contributed by atoms with Gasteiger partial charge in [0.2, 0.25) is 5.91 Å². The molecule has 1 amide bonds. The van der Waals surface area contributed by atoms with Crippen LogP contribution >= 0.6 is 0 Å². The molecule has 1 heterocycles. The van der Waals surface area contributed by atoms with Crippen molar-refractivity contribution in [3.63, 3.8) is 0 Å². The molecule has 7 heteroatoms. The van der Waals surface area contributed by atoms with Crippen LogP contribution in [0.4, 0.5) is 5.69 Å². The molecule has 0 radical (unpaired) electrons. The summed E-state index contributed by atoms with van der Waals surface area (Å²) in [6.45, 7) is 1.75. The largest absolute Gasteiger partial charge is 0.467 e. The number of hydrogen-bond acceptors (Lipinski definition) is 5. The molecule has 1 aliphatic heterocycles.